The highest BCUT2D eigenvalue weighted by atomic mass is 79.9. The lowest BCUT2D eigenvalue weighted by Gasteiger charge is -2.14. The van der Waals surface area contributed by atoms with Crippen LogP contribution in [0.25, 0.3) is 6.08 Å². The number of amides is 2. The molecule has 0 aliphatic heterocycles. The van der Waals surface area contributed by atoms with Gasteiger partial charge in [-0.15, -0.1) is 0 Å². The molecule has 3 rings (SSSR count). The lowest BCUT2D eigenvalue weighted by Crippen LogP contribution is -2.25. The average Bonchev–Trinajstić information content (AvgIpc) is 3.44. The Bertz CT molecular complexity index is 826. The van der Waals surface area contributed by atoms with Crippen molar-refractivity contribution in [3.8, 4) is 0 Å². The molecule has 0 saturated heterocycles. The second-order valence-corrected chi connectivity index (χ2v) is 7.31. The van der Waals surface area contributed by atoms with Gasteiger partial charge in [0.05, 0.1) is 6.04 Å². The Kier molecular flexibility index (Phi) is 5.89. The number of carbonyl (C=O) groups is 2. The monoisotopic (exact) mass is 412 g/mol. The van der Waals surface area contributed by atoms with Gasteiger partial charge in [0.25, 0.3) is 5.91 Å². The molecule has 1 atom stereocenters. The van der Waals surface area contributed by atoms with Crippen molar-refractivity contribution in [3.05, 3.63) is 75.8 Å². The molecule has 0 bridgehead atoms. The molecule has 1 unspecified atom stereocenters. The number of hydrogen-bond donors (Lipinski definition) is 2. The van der Waals surface area contributed by atoms with E-state index in [1.54, 1.807) is 18.2 Å². The topological polar surface area (TPSA) is 58.2 Å². The summed E-state index contributed by atoms with van der Waals surface area (Å²) in [7, 11) is 0. The number of benzene rings is 2. The van der Waals surface area contributed by atoms with Gasteiger partial charge in [0.15, 0.2) is 0 Å². The predicted molar refractivity (Wildman–Crippen MR) is 107 cm³/mol. The van der Waals surface area contributed by atoms with Crippen LogP contribution in [0.3, 0.4) is 0 Å². The molecule has 4 nitrogen and oxygen atoms in total. The number of nitrogens with one attached hydrogen (secondary N) is 2. The molecule has 1 aliphatic carbocycles. The zero-order valence-electron chi connectivity index (χ0n) is 14.5. The highest BCUT2D eigenvalue weighted by Gasteiger charge is 2.23. The van der Waals surface area contributed by atoms with E-state index in [0.29, 0.717) is 11.6 Å². The van der Waals surface area contributed by atoms with Crippen molar-refractivity contribution in [2.45, 2.75) is 31.8 Å². The Morgan fingerprint density at radius 2 is 1.81 bits per heavy atom. The van der Waals surface area contributed by atoms with Gasteiger partial charge in [-0.2, -0.15) is 0 Å². The van der Waals surface area contributed by atoms with E-state index in [-0.39, 0.29) is 17.9 Å². The van der Waals surface area contributed by atoms with E-state index >= 15 is 0 Å². The van der Waals surface area contributed by atoms with Crippen LogP contribution in [0.2, 0.25) is 0 Å². The van der Waals surface area contributed by atoms with E-state index in [1.807, 2.05) is 43.3 Å². The molecule has 0 radical (unpaired) electrons. The summed E-state index contributed by atoms with van der Waals surface area (Å²) in [5.41, 5.74) is 2.54. The summed E-state index contributed by atoms with van der Waals surface area (Å²) in [5, 5.41) is 5.90. The molecule has 1 aliphatic rings. The molecule has 26 heavy (non-hydrogen) atoms. The molecular weight excluding hydrogens is 392 g/mol. The van der Waals surface area contributed by atoms with Crippen LogP contribution < -0.4 is 10.6 Å². The molecule has 0 heterocycles. The first kappa shape index (κ1) is 18.4. The molecule has 2 aromatic rings. The van der Waals surface area contributed by atoms with Crippen LogP contribution in [0.5, 0.6) is 0 Å². The van der Waals surface area contributed by atoms with Gasteiger partial charge >= 0.3 is 0 Å². The Balaban J connectivity index is 1.56. The standard InChI is InChI=1S/C21H21BrN2O2/c1-14(18-4-2-3-5-19(18)22)23-20(25)13-8-15-6-9-16(10-7-15)21(26)24-17-11-12-17/h2-10,13-14,17H,11-12H2,1H3,(H,23,25)(H,24,26)/b13-8+. The van der Waals surface area contributed by atoms with E-state index < -0.39 is 0 Å². The second-order valence-electron chi connectivity index (χ2n) is 6.45. The van der Waals surface area contributed by atoms with Gasteiger partial charge in [-0.05, 0) is 55.2 Å². The minimum Gasteiger partial charge on any atom is -0.349 e. The fourth-order valence-electron chi connectivity index (χ4n) is 2.58. The van der Waals surface area contributed by atoms with Crippen molar-refractivity contribution < 1.29 is 9.59 Å². The normalized spacial score (nSPS) is 14.8. The van der Waals surface area contributed by atoms with Gasteiger partial charge in [0, 0.05) is 22.2 Å². The Morgan fingerprint density at radius 1 is 1.12 bits per heavy atom. The third-order valence-corrected chi connectivity index (χ3v) is 4.97. The van der Waals surface area contributed by atoms with Crippen molar-refractivity contribution in [1.82, 2.24) is 10.6 Å². The summed E-state index contributed by atoms with van der Waals surface area (Å²) in [4.78, 5) is 24.1. The number of carbonyl (C=O) groups excluding carboxylic acids is 2. The lowest BCUT2D eigenvalue weighted by atomic mass is 10.1. The molecule has 2 amide bonds. The Morgan fingerprint density at radius 3 is 2.46 bits per heavy atom. The van der Waals surface area contributed by atoms with Crippen molar-refractivity contribution >= 4 is 33.8 Å². The van der Waals surface area contributed by atoms with Gasteiger partial charge in [0.2, 0.25) is 5.91 Å². The minimum absolute atomic E-state index is 0.0389. The molecule has 1 saturated carbocycles. The first-order valence-corrected chi connectivity index (χ1v) is 9.46. The summed E-state index contributed by atoms with van der Waals surface area (Å²) in [5.74, 6) is -0.202. The first-order valence-electron chi connectivity index (χ1n) is 8.67. The van der Waals surface area contributed by atoms with Crippen molar-refractivity contribution in [2.24, 2.45) is 0 Å². The minimum atomic E-state index is -0.163. The second kappa shape index (κ2) is 8.32. The van der Waals surface area contributed by atoms with E-state index in [9.17, 15) is 9.59 Å². The summed E-state index contributed by atoms with van der Waals surface area (Å²) in [6.45, 7) is 1.94. The molecule has 5 heteroatoms. The van der Waals surface area contributed by atoms with E-state index in [0.717, 1.165) is 28.4 Å². The SMILES string of the molecule is CC(NC(=O)/C=C/c1ccc(C(=O)NC2CC2)cc1)c1ccccc1Br. The van der Waals surface area contributed by atoms with E-state index in [4.69, 9.17) is 0 Å². The zero-order chi connectivity index (χ0) is 18.5. The third kappa shape index (κ3) is 5.05. The zero-order valence-corrected chi connectivity index (χ0v) is 16.1. The maximum absolute atomic E-state index is 12.1. The summed E-state index contributed by atoms with van der Waals surface area (Å²) in [6, 6.07) is 15.3. The van der Waals surface area contributed by atoms with E-state index in [1.165, 1.54) is 6.08 Å². The largest absolute Gasteiger partial charge is 0.349 e. The van der Waals surface area contributed by atoms with Crippen LogP contribution in [0, 0.1) is 0 Å². The molecule has 0 aromatic heterocycles. The van der Waals surface area contributed by atoms with Crippen LogP contribution in [-0.2, 0) is 4.79 Å². The van der Waals surface area contributed by atoms with Gasteiger partial charge in [-0.25, -0.2) is 0 Å². The van der Waals surface area contributed by atoms with Gasteiger partial charge in [-0.3, -0.25) is 9.59 Å². The molecule has 134 valence electrons. The lowest BCUT2D eigenvalue weighted by molar-refractivity contribution is -0.117. The first-order chi connectivity index (χ1) is 12.5. The van der Waals surface area contributed by atoms with Crippen molar-refractivity contribution in [3.63, 3.8) is 0 Å². The molecular formula is C21H21BrN2O2. The van der Waals surface area contributed by atoms with Crippen LogP contribution in [-0.4, -0.2) is 17.9 Å². The summed E-state index contributed by atoms with van der Waals surface area (Å²) >= 11 is 3.50. The van der Waals surface area contributed by atoms with Crippen LogP contribution in [0.4, 0.5) is 0 Å². The van der Waals surface area contributed by atoms with Gasteiger partial charge in [-0.1, -0.05) is 46.3 Å². The third-order valence-electron chi connectivity index (χ3n) is 4.24. The van der Waals surface area contributed by atoms with Crippen LogP contribution >= 0.6 is 15.9 Å². The Hall–Kier alpha value is -2.40. The average molecular weight is 413 g/mol. The maximum atomic E-state index is 12.1. The number of hydrogen-bond acceptors (Lipinski definition) is 2. The highest BCUT2D eigenvalue weighted by molar-refractivity contribution is 9.10. The number of halogens is 1. The van der Waals surface area contributed by atoms with Gasteiger partial charge in [0.1, 0.15) is 0 Å². The predicted octanol–water partition coefficient (Wildman–Crippen LogP) is 4.23. The van der Waals surface area contributed by atoms with E-state index in [2.05, 4.69) is 26.6 Å². The summed E-state index contributed by atoms with van der Waals surface area (Å²) < 4.78 is 0.969. The molecule has 0 spiro atoms. The molecule has 2 N–H and O–H groups in total. The number of rotatable bonds is 6. The summed E-state index contributed by atoms with van der Waals surface area (Å²) in [6.07, 6.45) is 5.39. The van der Waals surface area contributed by atoms with Crippen LogP contribution in [0.15, 0.2) is 59.1 Å². The fourth-order valence-corrected chi connectivity index (χ4v) is 3.21. The van der Waals surface area contributed by atoms with Crippen molar-refractivity contribution in [1.29, 1.82) is 0 Å². The van der Waals surface area contributed by atoms with Crippen molar-refractivity contribution in [2.75, 3.05) is 0 Å². The maximum Gasteiger partial charge on any atom is 0.251 e. The molecule has 2 aromatic carbocycles. The quantitative estimate of drug-likeness (QED) is 0.697. The highest BCUT2D eigenvalue weighted by Crippen LogP contribution is 2.22. The van der Waals surface area contributed by atoms with Gasteiger partial charge < -0.3 is 10.6 Å². The molecule has 1 fully saturated rings. The fraction of sp³-hybridized carbons (Fsp3) is 0.238. The smallest absolute Gasteiger partial charge is 0.251 e. The van der Waals surface area contributed by atoms with Crippen LogP contribution in [0.1, 0.15) is 47.3 Å². The Labute approximate surface area is 161 Å².